The highest BCUT2D eigenvalue weighted by Gasteiger charge is 2.33. The van der Waals surface area contributed by atoms with Gasteiger partial charge in [-0.1, -0.05) is 67.1 Å². The normalized spacial score (nSPS) is 11.9. The van der Waals surface area contributed by atoms with Crippen molar-refractivity contribution < 1.29 is 22.7 Å². The first kappa shape index (κ1) is 30.0. The van der Waals surface area contributed by atoms with Crippen LogP contribution in [0.1, 0.15) is 24.5 Å². The predicted octanol–water partition coefficient (Wildman–Crippen LogP) is 4.28. The lowest BCUT2D eigenvalue weighted by Crippen LogP contribution is -2.53. The molecule has 0 saturated carbocycles. The molecule has 0 heterocycles. The minimum Gasteiger partial charge on any atom is -0.497 e. The van der Waals surface area contributed by atoms with Crippen LogP contribution in [0.15, 0.2) is 78.9 Å². The monoisotopic (exact) mass is 571 g/mol. The highest BCUT2D eigenvalue weighted by molar-refractivity contribution is 7.92. The van der Waals surface area contributed by atoms with Crippen molar-refractivity contribution in [1.82, 2.24) is 10.2 Å². The van der Waals surface area contributed by atoms with Crippen molar-refractivity contribution in [3.8, 4) is 5.75 Å². The standard InChI is InChI=1S/C29H34ClN3O5S/c1-4-18-31-29(35)27(19-22-10-6-5-7-11-22)32(20-23-12-8-9-13-26(23)30)28(34)21-33(39(3,36)37)24-14-16-25(38-2)17-15-24/h5-17,27H,4,18-21H2,1-3H3,(H,31,35). The lowest BCUT2D eigenvalue weighted by molar-refractivity contribution is -0.140. The molecule has 39 heavy (non-hydrogen) atoms. The van der Waals surface area contributed by atoms with Crippen molar-refractivity contribution in [2.45, 2.75) is 32.4 Å². The lowest BCUT2D eigenvalue weighted by atomic mass is 10.0. The van der Waals surface area contributed by atoms with Crippen LogP contribution in [0.5, 0.6) is 5.75 Å². The summed E-state index contributed by atoms with van der Waals surface area (Å²) in [6, 6.07) is 21.9. The molecule has 0 aromatic heterocycles. The van der Waals surface area contributed by atoms with Crippen LogP contribution in [0.4, 0.5) is 5.69 Å². The van der Waals surface area contributed by atoms with Gasteiger partial charge in [0.2, 0.25) is 21.8 Å². The van der Waals surface area contributed by atoms with Gasteiger partial charge in [-0.15, -0.1) is 0 Å². The maximum Gasteiger partial charge on any atom is 0.244 e. The zero-order valence-electron chi connectivity index (χ0n) is 22.3. The number of hydrogen-bond acceptors (Lipinski definition) is 5. The summed E-state index contributed by atoms with van der Waals surface area (Å²) in [6.07, 6.45) is 2.01. The van der Waals surface area contributed by atoms with Gasteiger partial charge in [-0.05, 0) is 47.9 Å². The van der Waals surface area contributed by atoms with Crippen LogP contribution < -0.4 is 14.4 Å². The Morgan fingerprint density at radius 1 is 0.974 bits per heavy atom. The Morgan fingerprint density at radius 2 is 1.62 bits per heavy atom. The van der Waals surface area contributed by atoms with E-state index in [0.717, 1.165) is 22.5 Å². The van der Waals surface area contributed by atoms with Gasteiger partial charge in [0.15, 0.2) is 0 Å². The Hall–Kier alpha value is -3.56. The van der Waals surface area contributed by atoms with Crippen LogP contribution in [0.3, 0.4) is 0 Å². The van der Waals surface area contributed by atoms with Crippen LogP contribution in [0.25, 0.3) is 0 Å². The molecule has 2 amide bonds. The van der Waals surface area contributed by atoms with Gasteiger partial charge < -0.3 is 15.0 Å². The van der Waals surface area contributed by atoms with Gasteiger partial charge in [0.05, 0.1) is 19.1 Å². The van der Waals surface area contributed by atoms with E-state index in [2.05, 4.69) is 5.32 Å². The van der Waals surface area contributed by atoms with Crippen LogP contribution in [0.2, 0.25) is 5.02 Å². The van der Waals surface area contributed by atoms with Gasteiger partial charge in [0.25, 0.3) is 0 Å². The minimum atomic E-state index is -3.85. The van der Waals surface area contributed by atoms with E-state index in [0.29, 0.717) is 28.6 Å². The number of rotatable bonds is 13. The summed E-state index contributed by atoms with van der Waals surface area (Å²) in [4.78, 5) is 28.9. The Balaban J connectivity index is 2.04. The third-order valence-electron chi connectivity index (χ3n) is 6.16. The van der Waals surface area contributed by atoms with E-state index in [4.69, 9.17) is 16.3 Å². The average Bonchev–Trinajstić information content (AvgIpc) is 2.93. The molecule has 3 aromatic carbocycles. The van der Waals surface area contributed by atoms with E-state index in [-0.39, 0.29) is 18.9 Å². The van der Waals surface area contributed by atoms with Gasteiger partial charge >= 0.3 is 0 Å². The van der Waals surface area contributed by atoms with Gasteiger partial charge in [-0.2, -0.15) is 0 Å². The first-order valence-corrected chi connectivity index (χ1v) is 14.8. The highest BCUT2D eigenvalue weighted by atomic mass is 35.5. The van der Waals surface area contributed by atoms with Crippen LogP contribution in [0, 0.1) is 0 Å². The Kier molecular flexibility index (Phi) is 10.8. The number of amides is 2. The largest absolute Gasteiger partial charge is 0.497 e. The van der Waals surface area contributed by atoms with E-state index in [1.165, 1.54) is 12.0 Å². The van der Waals surface area contributed by atoms with Crippen molar-refractivity contribution in [1.29, 1.82) is 0 Å². The molecule has 1 unspecified atom stereocenters. The Labute approximate surface area is 235 Å². The van der Waals surface area contributed by atoms with Gasteiger partial charge in [0, 0.05) is 24.5 Å². The summed E-state index contributed by atoms with van der Waals surface area (Å²) in [5, 5.41) is 3.35. The molecule has 8 nitrogen and oxygen atoms in total. The quantitative estimate of drug-likeness (QED) is 0.330. The summed E-state index contributed by atoms with van der Waals surface area (Å²) < 4.78 is 31.8. The van der Waals surface area contributed by atoms with Gasteiger partial charge in [0.1, 0.15) is 18.3 Å². The van der Waals surface area contributed by atoms with E-state index in [1.54, 1.807) is 48.5 Å². The molecule has 3 aromatic rings. The Bertz CT molecular complexity index is 1350. The SMILES string of the molecule is CCCNC(=O)C(Cc1ccccc1)N(Cc1ccccc1Cl)C(=O)CN(c1ccc(OC)cc1)S(C)(=O)=O. The number of hydrogen-bond donors (Lipinski definition) is 1. The number of nitrogens with one attached hydrogen (secondary N) is 1. The van der Waals surface area contributed by atoms with E-state index < -0.39 is 28.5 Å². The first-order valence-electron chi connectivity index (χ1n) is 12.6. The second-order valence-corrected chi connectivity index (χ2v) is 11.4. The fourth-order valence-electron chi connectivity index (χ4n) is 4.09. The van der Waals surface area contributed by atoms with Crippen LogP contribution in [-0.4, -0.2) is 57.6 Å². The summed E-state index contributed by atoms with van der Waals surface area (Å²) in [7, 11) is -2.34. The number of methoxy groups -OCH3 is 1. The van der Waals surface area contributed by atoms with Crippen molar-refractivity contribution in [3.63, 3.8) is 0 Å². The molecule has 0 spiro atoms. The summed E-state index contributed by atoms with van der Waals surface area (Å²) in [5.74, 6) is -0.311. The fourth-order valence-corrected chi connectivity index (χ4v) is 5.14. The smallest absolute Gasteiger partial charge is 0.244 e. The molecule has 0 aliphatic carbocycles. The van der Waals surface area contributed by atoms with Crippen molar-refractivity contribution in [2.24, 2.45) is 0 Å². The molecular weight excluding hydrogens is 538 g/mol. The second kappa shape index (κ2) is 14.0. The number of ether oxygens (including phenoxy) is 1. The summed E-state index contributed by atoms with van der Waals surface area (Å²) in [5.41, 5.74) is 1.81. The fraction of sp³-hybridized carbons (Fsp3) is 0.310. The number of anilines is 1. The molecule has 0 fully saturated rings. The topological polar surface area (TPSA) is 96.0 Å². The molecule has 3 rings (SSSR count). The predicted molar refractivity (Wildman–Crippen MR) is 154 cm³/mol. The maximum absolute atomic E-state index is 14.0. The zero-order chi connectivity index (χ0) is 28.4. The van der Waals surface area contributed by atoms with E-state index >= 15 is 0 Å². The molecule has 0 radical (unpaired) electrons. The number of sulfonamides is 1. The van der Waals surface area contributed by atoms with Crippen molar-refractivity contribution >= 4 is 39.1 Å². The third-order valence-corrected chi connectivity index (χ3v) is 7.67. The highest BCUT2D eigenvalue weighted by Crippen LogP contribution is 2.24. The van der Waals surface area contributed by atoms with Gasteiger partial charge in [-0.25, -0.2) is 8.42 Å². The van der Waals surface area contributed by atoms with E-state index in [9.17, 15) is 18.0 Å². The summed E-state index contributed by atoms with van der Waals surface area (Å²) >= 11 is 6.45. The first-order chi connectivity index (χ1) is 18.6. The number of carbonyl (C=O) groups is 2. The minimum absolute atomic E-state index is 0.0236. The molecule has 0 aliphatic rings. The number of benzene rings is 3. The number of halogens is 1. The molecule has 1 N–H and O–H groups in total. The molecule has 208 valence electrons. The number of nitrogens with zero attached hydrogens (tertiary/aromatic N) is 2. The summed E-state index contributed by atoms with van der Waals surface area (Å²) in [6.45, 7) is 1.91. The average molecular weight is 572 g/mol. The molecule has 10 heteroatoms. The molecule has 0 aliphatic heterocycles. The second-order valence-electron chi connectivity index (χ2n) is 9.08. The van der Waals surface area contributed by atoms with Crippen LogP contribution in [-0.2, 0) is 32.6 Å². The maximum atomic E-state index is 14.0. The zero-order valence-corrected chi connectivity index (χ0v) is 23.9. The lowest BCUT2D eigenvalue weighted by Gasteiger charge is -2.33. The number of carbonyl (C=O) groups excluding carboxylic acids is 2. The molecular formula is C29H34ClN3O5S. The Morgan fingerprint density at radius 3 is 2.21 bits per heavy atom. The molecule has 1 atom stereocenters. The van der Waals surface area contributed by atoms with Crippen LogP contribution >= 0.6 is 11.6 Å². The molecule has 0 bridgehead atoms. The van der Waals surface area contributed by atoms with Crippen molar-refractivity contribution in [2.75, 3.05) is 30.8 Å². The van der Waals surface area contributed by atoms with Crippen molar-refractivity contribution in [3.05, 3.63) is 95.0 Å². The third kappa shape index (κ3) is 8.46. The van der Waals surface area contributed by atoms with Gasteiger partial charge in [-0.3, -0.25) is 13.9 Å². The molecule has 0 saturated heterocycles. The van der Waals surface area contributed by atoms with E-state index in [1.807, 2.05) is 37.3 Å².